The fraction of sp³-hybridized carbons (Fsp3) is 0.0909. The molecule has 4 aromatic rings. The summed E-state index contributed by atoms with van der Waals surface area (Å²) in [6, 6.07) is 14.1. The van der Waals surface area contributed by atoms with Gasteiger partial charge in [0.15, 0.2) is 0 Å². The number of carbonyl (C=O) groups excluding carboxylic acids is 2. The number of nitrogens with one attached hydrogen (secondary N) is 1. The molecule has 3 aromatic carbocycles. The molecule has 0 bridgehead atoms. The van der Waals surface area contributed by atoms with Gasteiger partial charge in [-0.2, -0.15) is 0 Å². The maximum atomic E-state index is 12.7. The van der Waals surface area contributed by atoms with Crippen molar-refractivity contribution in [2.24, 2.45) is 5.73 Å². The Kier molecular flexibility index (Phi) is 3.96. The van der Waals surface area contributed by atoms with Crippen LogP contribution in [0.4, 0.5) is 0 Å². The van der Waals surface area contributed by atoms with E-state index in [0.717, 1.165) is 0 Å². The third-order valence-corrected chi connectivity index (χ3v) is 5.58. The van der Waals surface area contributed by atoms with E-state index in [1.54, 1.807) is 48.5 Å². The molecule has 1 aliphatic heterocycles. The van der Waals surface area contributed by atoms with Crippen molar-refractivity contribution in [2.75, 3.05) is 6.54 Å². The smallest absolute Gasteiger partial charge is 0.259 e. The predicted molar refractivity (Wildman–Crippen MR) is 110 cm³/mol. The topological polar surface area (TPSA) is 106 Å². The number of imide groups is 1. The third kappa shape index (κ3) is 2.50. The lowest BCUT2D eigenvalue weighted by Gasteiger charge is -2.09. The first-order valence-corrected chi connectivity index (χ1v) is 9.40. The Morgan fingerprint density at radius 3 is 2.55 bits per heavy atom. The van der Waals surface area contributed by atoms with Crippen molar-refractivity contribution in [1.82, 2.24) is 5.32 Å². The molecule has 0 saturated carbocycles. The standard InChI is InChI=1S/C22H15ClN2O4/c23-14-7-2-1-4-10(14)13-8-16-17(19-18(13)21(27)25-22(19)28)12-6-3-5-11(15(26)9-24)20(12)29-16/h1-8,15,26H,9,24H2,(H,25,27,28). The lowest BCUT2D eigenvalue weighted by molar-refractivity contribution is 0.0880. The Labute approximate surface area is 169 Å². The highest BCUT2D eigenvalue weighted by atomic mass is 35.5. The number of aliphatic hydroxyl groups is 1. The van der Waals surface area contributed by atoms with Gasteiger partial charge in [-0.05, 0) is 12.1 Å². The van der Waals surface area contributed by atoms with E-state index in [2.05, 4.69) is 5.32 Å². The number of carbonyl (C=O) groups is 2. The quantitative estimate of drug-likeness (QED) is 0.449. The van der Waals surface area contributed by atoms with Crippen LogP contribution in [0.15, 0.2) is 52.9 Å². The maximum Gasteiger partial charge on any atom is 0.259 e. The van der Waals surface area contributed by atoms with E-state index < -0.39 is 17.9 Å². The van der Waals surface area contributed by atoms with Crippen molar-refractivity contribution < 1.29 is 19.1 Å². The molecule has 0 saturated heterocycles. The molecule has 6 nitrogen and oxygen atoms in total. The number of fused-ring (bicyclic) bond motifs is 5. The normalized spacial score (nSPS) is 14.4. The van der Waals surface area contributed by atoms with Crippen LogP contribution in [0.1, 0.15) is 32.4 Å². The number of rotatable bonds is 3. The predicted octanol–water partition coefficient (Wildman–Crippen LogP) is 3.78. The summed E-state index contributed by atoms with van der Waals surface area (Å²) < 4.78 is 6.07. The lowest BCUT2D eigenvalue weighted by Crippen LogP contribution is -2.20. The van der Waals surface area contributed by atoms with Gasteiger partial charge in [0.05, 0.1) is 17.2 Å². The zero-order chi connectivity index (χ0) is 20.3. The summed E-state index contributed by atoms with van der Waals surface area (Å²) in [4.78, 5) is 25.3. The summed E-state index contributed by atoms with van der Waals surface area (Å²) >= 11 is 6.37. The highest BCUT2D eigenvalue weighted by molar-refractivity contribution is 6.35. The number of hydrogen-bond donors (Lipinski definition) is 3. The van der Waals surface area contributed by atoms with Gasteiger partial charge in [-0.1, -0.05) is 48.0 Å². The van der Waals surface area contributed by atoms with Crippen LogP contribution in [-0.2, 0) is 0 Å². The number of hydrogen-bond acceptors (Lipinski definition) is 5. The van der Waals surface area contributed by atoms with Gasteiger partial charge in [-0.15, -0.1) is 0 Å². The maximum absolute atomic E-state index is 12.7. The molecule has 0 aliphatic carbocycles. The molecule has 0 fully saturated rings. The molecular formula is C22H15ClN2O4. The van der Waals surface area contributed by atoms with E-state index >= 15 is 0 Å². The molecule has 1 unspecified atom stereocenters. The molecule has 1 aromatic heterocycles. The monoisotopic (exact) mass is 406 g/mol. The number of benzene rings is 3. The molecule has 144 valence electrons. The van der Waals surface area contributed by atoms with E-state index in [4.69, 9.17) is 21.8 Å². The number of halogens is 1. The van der Waals surface area contributed by atoms with E-state index in [-0.39, 0.29) is 17.7 Å². The highest BCUT2D eigenvalue weighted by Crippen LogP contribution is 2.42. The van der Waals surface area contributed by atoms with Crippen molar-refractivity contribution in [3.8, 4) is 11.1 Å². The summed E-state index contributed by atoms with van der Waals surface area (Å²) in [5, 5.41) is 14.3. The zero-order valence-electron chi connectivity index (χ0n) is 15.0. The number of amides is 2. The van der Waals surface area contributed by atoms with E-state index in [9.17, 15) is 14.7 Å². The summed E-state index contributed by atoms with van der Waals surface area (Å²) in [6.07, 6.45) is -0.911. The fourth-order valence-electron chi connectivity index (χ4n) is 3.95. The van der Waals surface area contributed by atoms with Crippen LogP contribution < -0.4 is 11.1 Å². The number of para-hydroxylation sites is 1. The van der Waals surface area contributed by atoms with Crippen molar-refractivity contribution >= 4 is 45.4 Å². The summed E-state index contributed by atoms with van der Waals surface area (Å²) in [5.74, 6) is -0.967. The summed E-state index contributed by atoms with van der Waals surface area (Å²) in [5.41, 5.74) is 8.67. The van der Waals surface area contributed by atoms with Crippen molar-refractivity contribution in [3.63, 3.8) is 0 Å². The Balaban J connectivity index is 1.95. The largest absolute Gasteiger partial charge is 0.456 e. The van der Waals surface area contributed by atoms with Gasteiger partial charge in [0.25, 0.3) is 11.8 Å². The molecule has 2 amide bonds. The Bertz CT molecular complexity index is 1340. The van der Waals surface area contributed by atoms with Crippen LogP contribution >= 0.6 is 11.6 Å². The molecule has 7 heteroatoms. The molecular weight excluding hydrogens is 392 g/mol. The SMILES string of the molecule is NCC(O)c1cccc2c1oc1cc(-c3ccccc3Cl)c3c(c12)C(=O)NC3=O. The summed E-state index contributed by atoms with van der Waals surface area (Å²) in [7, 11) is 0. The minimum atomic E-state index is -0.911. The van der Waals surface area contributed by atoms with Crippen LogP contribution in [-0.4, -0.2) is 23.5 Å². The van der Waals surface area contributed by atoms with Gasteiger partial charge in [-0.25, -0.2) is 0 Å². The van der Waals surface area contributed by atoms with Crippen LogP contribution in [0.25, 0.3) is 33.1 Å². The van der Waals surface area contributed by atoms with Gasteiger partial charge in [0, 0.05) is 39.0 Å². The minimum Gasteiger partial charge on any atom is -0.456 e. The first-order valence-electron chi connectivity index (χ1n) is 9.02. The second-order valence-corrected chi connectivity index (χ2v) is 7.30. The number of nitrogens with two attached hydrogens (primary N) is 1. The Hall–Kier alpha value is -3.19. The molecule has 2 heterocycles. The van der Waals surface area contributed by atoms with Crippen LogP contribution in [0.3, 0.4) is 0 Å². The van der Waals surface area contributed by atoms with Crippen molar-refractivity contribution in [2.45, 2.75) is 6.10 Å². The molecule has 5 rings (SSSR count). The second kappa shape index (κ2) is 6.42. The zero-order valence-corrected chi connectivity index (χ0v) is 15.8. The summed E-state index contributed by atoms with van der Waals surface area (Å²) in [6.45, 7) is 0.0259. The molecule has 29 heavy (non-hydrogen) atoms. The molecule has 1 aliphatic rings. The number of furan rings is 1. The van der Waals surface area contributed by atoms with Gasteiger partial charge >= 0.3 is 0 Å². The first kappa shape index (κ1) is 17.9. The fourth-order valence-corrected chi connectivity index (χ4v) is 4.19. The molecule has 4 N–H and O–H groups in total. The average molecular weight is 407 g/mol. The van der Waals surface area contributed by atoms with E-state index in [1.807, 2.05) is 0 Å². The van der Waals surface area contributed by atoms with Crippen LogP contribution in [0, 0.1) is 0 Å². The van der Waals surface area contributed by atoms with Crippen LogP contribution in [0.2, 0.25) is 5.02 Å². The van der Waals surface area contributed by atoms with E-state index in [1.165, 1.54) is 0 Å². The number of aliphatic hydroxyl groups excluding tert-OH is 1. The molecule has 0 radical (unpaired) electrons. The van der Waals surface area contributed by atoms with Crippen molar-refractivity contribution in [3.05, 3.63) is 70.2 Å². The lowest BCUT2D eigenvalue weighted by atomic mass is 9.92. The average Bonchev–Trinajstić information content (AvgIpc) is 3.23. The highest BCUT2D eigenvalue weighted by Gasteiger charge is 2.35. The van der Waals surface area contributed by atoms with E-state index in [0.29, 0.717) is 43.7 Å². The third-order valence-electron chi connectivity index (χ3n) is 5.25. The van der Waals surface area contributed by atoms with Crippen molar-refractivity contribution in [1.29, 1.82) is 0 Å². The first-order chi connectivity index (χ1) is 14.0. The Morgan fingerprint density at radius 2 is 1.79 bits per heavy atom. The molecule has 0 spiro atoms. The molecule has 1 atom stereocenters. The van der Waals surface area contributed by atoms with Crippen LogP contribution in [0.5, 0.6) is 0 Å². The van der Waals surface area contributed by atoms with Gasteiger partial charge < -0.3 is 15.3 Å². The minimum absolute atomic E-state index is 0.0259. The Morgan fingerprint density at radius 1 is 1.03 bits per heavy atom. The van der Waals surface area contributed by atoms with Gasteiger partial charge in [0.1, 0.15) is 11.2 Å². The van der Waals surface area contributed by atoms with Gasteiger partial charge in [-0.3, -0.25) is 14.9 Å². The van der Waals surface area contributed by atoms with Gasteiger partial charge in [0.2, 0.25) is 0 Å². The second-order valence-electron chi connectivity index (χ2n) is 6.89.